The first-order chi connectivity index (χ1) is 15.3. The number of anilines is 1. The zero-order chi connectivity index (χ0) is 23.3. The number of nitrogens with zero attached hydrogens (tertiary/aromatic N) is 2. The number of amides is 1. The van der Waals surface area contributed by atoms with Crippen molar-refractivity contribution in [3.05, 3.63) is 99.4 Å². The van der Waals surface area contributed by atoms with E-state index in [1.807, 2.05) is 13.0 Å². The van der Waals surface area contributed by atoms with Crippen molar-refractivity contribution >= 4 is 23.4 Å². The molecule has 0 saturated heterocycles. The molecule has 0 radical (unpaired) electrons. The van der Waals surface area contributed by atoms with Crippen LogP contribution in [0.2, 0.25) is 0 Å². The van der Waals surface area contributed by atoms with E-state index in [1.165, 1.54) is 48.4 Å². The van der Waals surface area contributed by atoms with E-state index in [4.69, 9.17) is 4.74 Å². The van der Waals surface area contributed by atoms with Gasteiger partial charge in [-0.15, -0.1) is 0 Å². The van der Waals surface area contributed by atoms with Gasteiger partial charge in [-0.3, -0.25) is 15.0 Å². The van der Waals surface area contributed by atoms with Crippen LogP contribution >= 0.6 is 0 Å². The van der Waals surface area contributed by atoms with Gasteiger partial charge in [-0.25, -0.2) is 14.0 Å². The minimum Gasteiger partial charge on any atom is -0.465 e. The number of halogens is 1. The number of rotatable bonds is 6. The quantitative estimate of drug-likeness (QED) is 0.304. The zero-order valence-corrected chi connectivity index (χ0v) is 17.3. The van der Waals surface area contributed by atoms with Gasteiger partial charge in [-0.2, -0.15) is 0 Å². The van der Waals surface area contributed by atoms with Crippen LogP contribution in [-0.2, 0) is 11.3 Å². The van der Waals surface area contributed by atoms with Crippen LogP contribution < -0.4 is 9.64 Å². The van der Waals surface area contributed by atoms with Crippen LogP contribution in [-0.4, -0.2) is 24.1 Å². The van der Waals surface area contributed by atoms with Gasteiger partial charge in [-0.05, 0) is 48.9 Å². The molecule has 9 heteroatoms. The highest BCUT2D eigenvalue weighted by molar-refractivity contribution is 5.90. The van der Waals surface area contributed by atoms with Crippen molar-refractivity contribution in [1.29, 1.82) is 0 Å². The van der Waals surface area contributed by atoms with Crippen LogP contribution in [0.1, 0.15) is 21.5 Å². The number of esters is 1. The van der Waals surface area contributed by atoms with Crippen molar-refractivity contribution in [2.45, 2.75) is 13.5 Å². The number of ether oxygens (including phenoxy) is 2. The molecule has 3 aromatic carbocycles. The predicted molar refractivity (Wildman–Crippen MR) is 114 cm³/mol. The monoisotopic (exact) mass is 438 g/mol. The summed E-state index contributed by atoms with van der Waals surface area (Å²) in [5.74, 6) is -1.27. The summed E-state index contributed by atoms with van der Waals surface area (Å²) in [6.45, 7) is 1.66. The van der Waals surface area contributed by atoms with Crippen LogP contribution in [0.25, 0.3) is 0 Å². The molecule has 3 aromatic rings. The molecule has 0 heterocycles. The lowest BCUT2D eigenvalue weighted by atomic mass is 10.1. The maximum atomic E-state index is 14.7. The number of aryl methyl sites for hydroxylation is 1. The van der Waals surface area contributed by atoms with Crippen molar-refractivity contribution < 1.29 is 28.4 Å². The second kappa shape index (κ2) is 9.69. The van der Waals surface area contributed by atoms with Crippen LogP contribution in [0, 0.1) is 22.9 Å². The van der Waals surface area contributed by atoms with E-state index in [-0.39, 0.29) is 29.1 Å². The van der Waals surface area contributed by atoms with Gasteiger partial charge < -0.3 is 9.47 Å². The number of methoxy groups -OCH3 is 1. The lowest BCUT2D eigenvalue weighted by Gasteiger charge is -2.23. The van der Waals surface area contributed by atoms with Gasteiger partial charge in [-0.1, -0.05) is 18.2 Å². The third kappa shape index (κ3) is 5.25. The van der Waals surface area contributed by atoms with Gasteiger partial charge in [0.25, 0.3) is 5.69 Å². The summed E-state index contributed by atoms with van der Waals surface area (Å²) in [7, 11) is 1.20. The number of nitro groups is 1. The van der Waals surface area contributed by atoms with Crippen LogP contribution in [0.15, 0.2) is 66.7 Å². The summed E-state index contributed by atoms with van der Waals surface area (Å²) in [6, 6.07) is 15.9. The third-order valence-electron chi connectivity index (χ3n) is 4.59. The zero-order valence-electron chi connectivity index (χ0n) is 17.3. The van der Waals surface area contributed by atoms with Crippen LogP contribution in [0.4, 0.5) is 20.6 Å². The van der Waals surface area contributed by atoms with E-state index in [1.54, 1.807) is 18.2 Å². The number of nitro benzene ring substituents is 1. The fourth-order valence-electron chi connectivity index (χ4n) is 2.94. The molecule has 0 aromatic heterocycles. The Balaban J connectivity index is 1.89. The van der Waals surface area contributed by atoms with Crippen molar-refractivity contribution in [3.63, 3.8) is 0 Å². The molecule has 0 aliphatic rings. The molecule has 0 spiro atoms. The fourth-order valence-corrected chi connectivity index (χ4v) is 2.94. The Bertz CT molecular complexity index is 1160. The molecule has 0 unspecified atom stereocenters. The van der Waals surface area contributed by atoms with Gasteiger partial charge in [0.2, 0.25) is 0 Å². The van der Waals surface area contributed by atoms with Gasteiger partial charge in [0, 0.05) is 23.4 Å². The third-order valence-corrected chi connectivity index (χ3v) is 4.59. The first-order valence-corrected chi connectivity index (χ1v) is 9.45. The lowest BCUT2D eigenvalue weighted by Crippen LogP contribution is -2.33. The highest BCUT2D eigenvalue weighted by Crippen LogP contribution is 2.24. The first-order valence-electron chi connectivity index (χ1n) is 9.45. The molecule has 8 nitrogen and oxygen atoms in total. The number of hydrogen-bond acceptors (Lipinski definition) is 6. The number of non-ortho nitro benzene ring substituents is 1. The van der Waals surface area contributed by atoms with Gasteiger partial charge in [0.05, 0.1) is 24.1 Å². The summed E-state index contributed by atoms with van der Waals surface area (Å²) < 4.78 is 24.6. The summed E-state index contributed by atoms with van der Waals surface area (Å²) in [4.78, 5) is 36.0. The highest BCUT2D eigenvalue weighted by atomic mass is 19.1. The number of carbonyl (C=O) groups is 2. The number of hydrogen-bond donors (Lipinski definition) is 0. The van der Waals surface area contributed by atoms with Crippen molar-refractivity contribution in [1.82, 2.24) is 0 Å². The van der Waals surface area contributed by atoms with Crippen LogP contribution in [0.3, 0.4) is 0 Å². The van der Waals surface area contributed by atoms with Crippen molar-refractivity contribution in [2.24, 2.45) is 0 Å². The van der Waals surface area contributed by atoms with E-state index in [9.17, 15) is 24.1 Å². The van der Waals surface area contributed by atoms with Crippen molar-refractivity contribution in [3.8, 4) is 5.75 Å². The topological polar surface area (TPSA) is 99.0 Å². The Morgan fingerprint density at radius 1 is 1.06 bits per heavy atom. The molecule has 0 N–H and O–H groups in total. The van der Waals surface area contributed by atoms with Crippen molar-refractivity contribution in [2.75, 3.05) is 12.0 Å². The smallest absolute Gasteiger partial charge is 0.420 e. The second-order valence-corrected chi connectivity index (χ2v) is 6.84. The SMILES string of the molecule is COC(=O)c1ccc(CN(C(=O)Oc2ccc([N+](=O)[O-])cc2)c2cccc(C)c2)c(F)c1. The maximum absolute atomic E-state index is 14.7. The minimum absolute atomic E-state index is 0.0457. The summed E-state index contributed by atoms with van der Waals surface area (Å²) in [6.07, 6.45) is -0.805. The van der Waals surface area contributed by atoms with E-state index in [0.717, 1.165) is 11.6 Å². The van der Waals surface area contributed by atoms with Gasteiger partial charge in [0.15, 0.2) is 0 Å². The summed E-state index contributed by atoms with van der Waals surface area (Å²) in [5.41, 5.74) is 1.39. The molecule has 32 heavy (non-hydrogen) atoms. The standard InChI is InChI=1S/C23H19FN2O6/c1-15-4-3-5-19(12-15)25(14-17-7-6-16(13-21(17)24)22(27)31-2)23(28)32-20-10-8-18(9-11-20)26(29)30/h3-13H,14H2,1-2H3. The predicted octanol–water partition coefficient (Wildman–Crippen LogP) is 5.03. The minimum atomic E-state index is -0.805. The number of carbonyl (C=O) groups excluding carboxylic acids is 2. The lowest BCUT2D eigenvalue weighted by molar-refractivity contribution is -0.384. The number of benzene rings is 3. The van der Waals surface area contributed by atoms with Gasteiger partial charge in [0.1, 0.15) is 11.6 Å². The Morgan fingerprint density at radius 3 is 2.38 bits per heavy atom. The maximum Gasteiger partial charge on any atom is 0.420 e. The molecule has 0 atom stereocenters. The fraction of sp³-hybridized carbons (Fsp3) is 0.130. The van der Waals surface area contributed by atoms with E-state index < -0.39 is 22.8 Å². The molecule has 0 bridgehead atoms. The first kappa shape index (κ1) is 22.4. The molecule has 0 saturated carbocycles. The molecule has 164 valence electrons. The Labute approximate surface area is 182 Å². The molecule has 0 aliphatic carbocycles. The molecule has 3 rings (SSSR count). The normalized spacial score (nSPS) is 10.3. The Kier molecular flexibility index (Phi) is 6.79. The molecule has 0 fully saturated rings. The van der Waals surface area contributed by atoms with E-state index in [0.29, 0.717) is 5.69 Å². The largest absolute Gasteiger partial charge is 0.465 e. The summed E-state index contributed by atoms with van der Waals surface area (Å²) in [5, 5.41) is 10.8. The van der Waals surface area contributed by atoms with E-state index >= 15 is 0 Å². The van der Waals surface area contributed by atoms with E-state index in [2.05, 4.69) is 4.74 Å². The molecule has 0 aliphatic heterocycles. The Morgan fingerprint density at radius 2 is 1.78 bits per heavy atom. The Hall–Kier alpha value is -4.27. The van der Waals surface area contributed by atoms with Crippen LogP contribution in [0.5, 0.6) is 5.75 Å². The molecular weight excluding hydrogens is 419 g/mol. The summed E-state index contributed by atoms with van der Waals surface area (Å²) >= 11 is 0. The highest BCUT2D eigenvalue weighted by Gasteiger charge is 2.21. The average Bonchev–Trinajstić information content (AvgIpc) is 2.77. The van der Waals surface area contributed by atoms with Gasteiger partial charge >= 0.3 is 12.1 Å². The second-order valence-electron chi connectivity index (χ2n) is 6.84. The average molecular weight is 438 g/mol. The molecule has 1 amide bonds. The molecular formula is C23H19FN2O6.